The van der Waals surface area contributed by atoms with Gasteiger partial charge in [-0.15, -0.1) is 12.4 Å². The molecule has 0 amide bonds. The van der Waals surface area contributed by atoms with Gasteiger partial charge in [0.15, 0.2) is 11.5 Å². The molecular weight excluding hydrogens is 309 g/mol. The van der Waals surface area contributed by atoms with Crippen molar-refractivity contribution in [3.8, 4) is 11.5 Å². The van der Waals surface area contributed by atoms with Gasteiger partial charge in [-0.05, 0) is 18.9 Å². The Morgan fingerprint density at radius 1 is 1.10 bits per heavy atom. The molecule has 0 spiro atoms. The van der Waals surface area contributed by atoms with Crippen LogP contribution in [0.1, 0.15) is 12.8 Å². The molecule has 5 heteroatoms. The number of nitrogens with zero attached hydrogens (tertiary/aromatic N) is 1. The molecule has 1 saturated heterocycles. The molecule has 3 rings (SSSR count). The van der Waals surface area contributed by atoms with Gasteiger partial charge in [-0.1, -0.05) is 23.7 Å². The molecule has 0 aromatic heterocycles. The molecule has 1 aliphatic rings. The first-order valence-electron chi connectivity index (χ1n) is 6.84. The van der Waals surface area contributed by atoms with E-state index < -0.39 is 0 Å². The SMILES string of the molecule is COc1cc(Cl)c2cccc(N3CCCC3)c2c1OC.Cl. The molecule has 0 unspecified atom stereocenters. The summed E-state index contributed by atoms with van der Waals surface area (Å²) in [6, 6.07) is 8.02. The number of halogens is 2. The first-order valence-corrected chi connectivity index (χ1v) is 7.22. The first-order chi connectivity index (χ1) is 9.76. The van der Waals surface area contributed by atoms with Gasteiger partial charge in [0.1, 0.15) is 0 Å². The van der Waals surface area contributed by atoms with Crippen LogP contribution >= 0.6 is 24.0 Å². The van der Waals surface area contributed by atoms with Crippen molar-refractivity contribution >= 4 is 40.5 Å². The number of fused-ring (bicyclic) bond motifs is 1. The second-order valence-corrected chi connectivity index (χ2v) is 5.39. The molecule has 2 aromatic rings. The number of hydrogen-bond donors (Lipinski definition) is 0. The molecule has 1 heterocycles. The van der Waals surface area contributed by atoms with Crippen LogP contribution in [0.5, 0.6) is 11.5 Å². The van der Waals surface area contributed by atoms with E-state index in [1.54, 1.807) is 14.2 Å². The van der Waals surface area contributed by atoms with Crippen molar-refractivity contribution in [2.24, 2.45) is 0 Å². The Bertz CT molecular complexity index is 640. The second kappa shape index (κ2) is 6.63. The summed E-state index contributed by atoms with van der Waals surface area (Å²) in [4.78, 5) is 2.39. The van der Waals surface area contributed by atoms with Gasteiger partial charge in [0.25, 0.3) is 0 Å². The Labute approximate surface area is 136 Å². The lowest BCUT2D eigenvalue weighted by atomic mass is 10.1. The Balaban J connectivity index is 0.00000161. The van der Waals surface area contributed by atoms with Crippen molar-refractivity contribution in [1.29, 1.82) is 0 Å². The normalized spacial score (nSPS) is 14.1. The van der Waals surface area contributed by atoms with Crippen LogP contribution in [0.3, 0.4) is 0 Å². The minimum absolute atomic E-state index is 0. The van der Waals surface area contributed by atoms with E-state index in [1.165, 1.54) is 18.5 Å². The van der Waals surface area contributed by atoms with Crippen LogP contribution < -0.4 is 14.4 Å². The monoisotopic (exact) mass is 327 g/mol. The maximum atomic E-state index is 6.39. The topological polar surface area (TPSA) is 21.7 Å². The maximum Gasteiger partial charge on any atom is 0.170 e. The number of benzene rings is 2. The van der Waals surface area contributed by atoms with E-state index in [9.17, 15) is 0 Å². The fraction of sp³-hybridized carbons (Fsp3) is 0.375. The van der Waals surface area contributed by atoms with Crippen LogP contribution in [0.15, 0.2) is 24.3 Å². The van der Waals surface area contributed by atoms with Gasteiger partial charge in [0.2, 0.25) is 0 Å². The zero-order valence-electron chi connectivity index (χ0n) is 12.2. The van der Waals surface area contributed by atoms with Gasteiger partial charge < -0.3 is 14.4 Å². The van der Waals surface area contributed by atoms with Crippen molar-refractivity contribution < 1.29 is 9.47 Å². The van der Waals surface area contributed by atoms with E-state index in [-0.39, 0.29) is 12.4 Å². The summed E-state index contributed by atoms with van der Waals surface area (Å²) in [5.74, 6) is 1.44. The van der Waals surface area contributed by atoms with Crippen LogP contribution in [0.4, 0.5) is 5.69 Å². The quantitative estimate of drug-likeness (QED) is 0.826. The van der Waals surface area contributed by atoms with Crippen LogP contribution in [0.25, 0.3) is 10.8 Å². The fourth-order valence-electron chi connectivity index (χ4n) is 2.94. The van der Waals surface area contributed by atoms with E-state index in [0.29, 0.717) is 10.8 Å². The zero-order valence-corrected chi connectivity index (χ0v) is 13.8. The van der Waals surface area contributed by atoms with Gasteiger partial charge >= 0.3 is 0 Å². The number of anilines is 1. The van der Waals surface area contributed by atoms with E-state index in [4.69, 9.17) is 21.1 Å². The molecule has 3 nitrogen and oxygen atoms in total. The average molecular weight is 328 g/mol. The summed E-state index contributed by atoms with van der Waals surface area (Å²) >= 11 is 6.39. The minimum atomic E-state index is 0. The van der Waals surface area contributed by atoms with Gasteiger partial charge in [-0.2, -0.15) is 0 Å². The van der Waals surface area contributed by atoms with Crippen LogP contribution in [-0.4, -0.2) is 27.3 Å². The van der Waals surface area contributed by atoms with E-state index in [1.807, 2.05) is 18.2 Å². The standard InChI is InChI=1S/C16H18ClNO2.ClH/c1-19-14-10-12(17)11-6-5-7-13(15(11)16(14)20-2)18-8-3-4-9-18;/h5-7,10H,3-4,8-9H2,1-2H3;1H. The van der Waals surface area contributed by atoms with Crippen LogP contribution in [0.2, 0.25) is 5.02 Å². The van der Waals surface area contributed by atoms with Crippen molar-refractivity contribution in [2.75, 3.05) is 32.2 Å². The highest BCUT2D eigenvalue weighted by Crippen LogP contribution is 2.44. The molecule has 1 fully saturated rings. The van der Waals surface area contributed by atoms with Gasteiger partial charge in [-0.25, -0.2) is 0 Å². The van der Waals surface area contributed by atoms with E-state index in [0.717, 1.165) is 29.6 Å². The highest BCUT2D eigenvalue weighted by Gasteiger charge is 2.20. The third-order valence-electron chi connectivity index (χ3n) is 3.88. The third kappa shape index (κ3) is 2.72. The van der Waals surface area contributed by atoms with E-state index in [2.05, 4.69) is 11.0 Å². The summed E-state index contributed by atoms with van der Waals surface area (Å²) in [6.45, 7) is 2.16. The lowest BCUT2D eigenvalue weighted by Gasteiger charge is -2.22. The lowest BCUT2D eigenvalue weighted by Crippen LogP contribution is -2.18. The van der Waals surface area contributed by atoms with Gasteiger partial charge in [0, 0.05) is 30.2 Å². The minimum Gasteiger partial charge on any atom is -0.493 e. The molecule has 0 atom stereocenters. The number of methoxy groups -OCH3 is 2. The molecule has 1 aliphatic heterocycles. The first kappa shape index (κ1) is 16.1. The molecule has 0 N–H and O–H groups in total. The van der Waals surface area contributed by atoms with Crippen molar-refractivity contribution in [1.82, 2.24) is 0 Å². The number of ether oxygens (including phenoxy) is 2. The van der Waals surface area contributed by atoms with Gasteiger partial charge in [-0.3, -0.25) is 0 Å². The largest absolute Gasteiger partial charge is 0.493 e. The lowest BCUT2D eigenvalue weighted by molar-refractivity contribution is 0.358. The number of hydrogen-bond acceptors (Lipinski definition) is 3. The predicted octanol–water partition coefficient (Wildman–Crippen LogP) is 4.53. The Morgan fingerprint density at radius 2 is 1.81 bits per heavy atom. The summed E-state index contributed by atoms with van der Waals surface area (Å²) in [7, 11) is 3.31. The molecule has 0 aliphatic carbocycles. The molecular formula is C16H19Cl2NO2. The highest BCUT2D eigenvalue weighted by molar-refractivity contribution is 6.36. The van der Waals surface area contributed by atoms with Crippen molar-refractivity contribution in [3.63, 3.8) is 0 Å². The molecule has 0 bridgehead atoms. The average Bonchev–Trinajstić information content (AvgIpc) is 3.00. The second-order valence-electron chi connectivity index (χ2n) is 4.99. The smallest absolute Gasteiger partial charge is 0.170 e. The molecule has 21 heavy (non-hydrogen) atoms. The van der Waals surface area contributed by atoms with E-state index >= 15 is 0 Å². The predicted molar refractivity (Wildman–Crippen MR) is 90.8 cm³/mol. The molecule has 2 aromatic carbocycles. The van der Waals surface area contributed by atoms with Gasteiger partial charge in [0.05, 0.1) is 24.6 Å². The van der Waals surface area contributed by atoms with Crippen LogP contribution in [-0.2, 0) is 0 Å². The fourth-order valence-corrected chi connectivity index (χ4v) is 3.19. The third-order valence-corrected chi connectivity index (χ3v) is 4.19. The molecule has 0 saturated carbocycles. The highest BCUT2D eigenvalue weighted by atomic mass is 35.5. The zero-order chi connectivity index (χ0) is 14.1. The van der Waals surface area contributed by atoms with Crippen molar-refractivity contribution in [3.05, 3.63) is 29.3 Å². The Morgan fingerprint density at radius 3 is 2.43 bits per heavy atom. The number of rotatable bonds is 3. The summed E-state index contributed by atoms with van der Waals surface area (Å²) < 4.78 is 11.0. The Hall–Kier alpha value is -1.32. The molecule has 114 valence electrons. The summed E-state index contributed by atoms with van der Waals surface area (Å²) in [5, 5.41) is 2.74. The van der Waals surface area contributed by atoms with Crippen LogP contribution in [0, 0.1) is 0 Å². The summed E-state index contributed by atoms with van der Waals surface area (Å²) in [5.41, 5.74) is 1.18. The molecule has 0 radical (unpaired) electrons. The maximum absolute atomic E-state index is 6.39. The van der Waals surface area contributed by atoms with Crippen molar-refractivity contribution in [2.45, 2.75) is 12.8 Å². The summed E-state index contributed by atoms with van der Waals surface area (Å²) in [6.07, 6.45) is 2.47. The Kier molecular flexibility index (Phi) is 5.07.